The van der Waals surface area contributed by atoms with Crippen LogP contribution in [-0.2, 0) is 9.47 Å². The minimum absolute atomic E-state index is 0.131. The molecule has 0 aliphatic heterocycles. The summed E-state index contributed by atoms with van der Waals surface area (Å²) in [5.74, 6) is 0.788. The normalized spacial score (nSPS) is 13.2. The largest absolute Gasteiger partial charge is 0.493 e. The Labute approximate surface area is 192 Å². The third kappa shape index (κ3) is 10.7. The van der Waals surface area contributed by atoms with Crippen LogP contribution in [-0.4, -0.2) is 50.5 Å². The monoisotopic (exact) mass is 448 g/mol. The highest BCUT2D eigenvalue weighted by atomic mass is 16.6. The highest BCUT2D eigenvalue weighted by Crippen LogP contribution is 2.20. The lowest BCUT2D eigenvalue weighted by molar-refractivity contribution is 0.0506. The van der Waals surface area contributed by atoms with E-state index in [9.17, 15) is 9.59 Å². The molecule has 0 saturated carbocycles. The van der Waals surface area contributed by atoms with Gasteiger partial charge in [0.1, 0.15) is 11.4 Å². The van der Waals surface area contributed by atoms with Crippen molar-refractivity contribution in [1.29, 1.82) is 0 Å². The lowest BCUT2D eigenvalue weighted by Gasteiger charge is -2.27. The number of hydrogen-bond donors (Lipinski definition) is 2. The first kappa shape index (κ1) is 27.5. The summed E-state index contributed by atoms with van der Waals surface area (Å²) in [4.78, 5) is 25.0. The number of carbonyl (C=O) groups is 2. The molecule has 1 rings (SSSR count). The van der Waals surface area contributed by atoms with E-state index in [1.807, 2.05) is 32.9 Å². The lowest BCUT2D eigenvalue weighted by atomic mass is 9.89. The molecule has 2 N–H and O–H groups in total. The molecule has 0 spiro atoms. The Hall–Kier alpha value is -2.54. The van der Waals surface area contributed by atoms with Gasteiger partial charge >= 0.3 is 6.09 Å². The van der Waals surface area contributed by atoms with Crippen LogP contribution < -0.4 is 15.4 Å². The van der Waals surface area contributed by atoms with Crippen molar-refractivity contribution in [2.24, 2.45) is 11.8 Å². The first-order valence-corrected chi connectivity index (χ1v) is 11.2. The number of rotatable bonds is 13. The zero-order valence-electron chi connectivity index (χ0n) is 20.4. The third-order valence-corrected chi connectivity index (χ3v) is 4.89. The smallest absolute Gasteiger partial charge is 0.408 e. The fraction of sp³-hybridized carbons (Fsp3) is 0.600. The molecule has 32 heavy (non-hydrogen) atoms. The summed E-state index contributed by atoms with van der Waals surface area (Å²) in [5, 5.41) is 5.87. The topological polar surface area (TPSA) is 85.9 Å². The van der Waals surface area contributed by atoms with Crippen molar-refractivity contribution >= 4 is 12.0 Å². The summed E-state index contributed by atoms with van der Waals surface area (Å²) in [5.41, 5.74) is -0.0696. The average Bonchev–Trinajstić information content (AvgIpc) is 2.71. The van der Waals surface area contributed by atoms with Gasteiger partial charge < -0.3 is 24.8 Å². The minimum Gasteiger partial charge on any atom is -0.493 e. The van der Waals surface area contributed by atoms with E-state index < -0.39 is 11.7 Å². The maximum absolute atomic E-state index is 12.8. The predicted octanol–water partition coefficient (Wildman–Crippen LogP) is 4.57. The van der Waals surface area contributed by atoms with E-state index in [1.165, 1.54) is 0 Å². The number of benzene rings is 1. The van der Waals surface area contributed by atoms with Gasteiger partial charge in [0.05, 0.1) is 18.2 Å². The molecule has 180 valence electrons. The summed E-state index contributed by atoms with van der Waals surface area (Å²) >= 11 is 0. The van der Waals surface area contributed by atoms with Crippen LogP contribution in [0.15, 0.2) is 36.9 Å². The molecule has 0 heterocycles. The molecule has 0 aliphatic rings. The molecule has 2 atom stereocenters. The van der Waals surface area contributed by atoms with E-state index >= 15 is 0 Å². The molecular formula is C25H40N2O5. The van der Waals surface area contributed by atoms with Gasteiger partial charge in [-0.2, -0.15) is 0 Å². The first-order chi connectivity index (χ1) is 15.1. The highest BCUT2D eigenvalue weighted by molar-refractivity contribution is 5.96. The maximum atomic E-state index is 12.8. The van der Waals surface area contributed by atoms with Crippen molar-refractivity contribution in [3.05, 3.63) is 42.5 Å². The van der Waals surface area contributed by atoms with Crippen molar-refractivity contribution in [3.8, 4) is 5.75 Å². The molecule has 2 unspecified atom stereocenters. The van der Waals surface area contributed by atoms with E-state index in [0.717, 1.165) is 6.42 Å². The molecule has 1 aromatic carbocycles. The Morgan fingerprint density at radius 2 is 1.84 bits per heavy atom. The van der Waals surface area contributed by atoms with E-state index in [0.29, 0.717) is 43.4 Å². The summed E-state index contributed by atoms with van der Waals surface area (Å²) in [6.45, 7) is 15.0. The van der Waals surface area contributed by atoms with Crippen molar-refractivity contribution < 1.29 is 23.8 Å². The Balaban J connectivity index is 2.71. The third-order valence-electron chi connectivity index (χ3n) is 4.89. The van der Waals surface area contributed by atoms with Crippen LogP contribution in [0.25, 0.3) is 0 Å². The van der Waals surface area contributed by atoms with Crippen LogP contribution in [0.3, 0.4) is 0 Å². The number of para-hydroxylation sites is 1. The number of ether oxygens (including phenoxy) is 3. The Morgan fingerprint density at radius 1 is 1.16 bits per heavy atom. The van der Waals surface area contributed by atoms with Crippen molar-refractivity contribution in [2.75, 3.05) is 26.9 Å². The first-order valence-electron chi connectivity index (χ1n) is 11.2. The SMILES string of the molecule is C=CC(CC(CNC(=O)c1ccccc1OCCCOC)C(C)C)NC(=O)OC(C)(C)C. The van der Waals surface area contributed by atoms with Gasteiger partial charge in [-0.15, -0.1) is 6.58 Å². The molecule has 0 aliphatic carbocycles. The van der Waals surface area contributed by atoms with Crippen LogP contribution >= 0.6 is 0 Å². The van der Waals surface area contributed by atoms with Crippen LogP contribution in [0, 0.1) is 11.8 Å². The van der Waals surface area contributed by atoms with Gasteiger partial charge in [0.2, 0.25) is 0 Å². The van der Waals surface area contributed by atoms with Crippen LogP contribution in [0.1, 0.15) is 57.8 Å². The highest BCUT2D eigenvalue weighted by Gasteiger charge is 2.23. The van der Waals surface area contributed by atoms with Crippen molar-refractivity contribution in [3.63, 3.8) is 0 Å². The Morgan fingerprint density at radius 3 is 2.44 bits per heavy atom. The zero-order chi connectivity index (χ0) is 24.1. The molecule has 1 aromatic rings. The maximum Gasteiger partial charge on any atom is 0.408 e. The van der Waals surface area contributed by atoms with Gasteiger partial charge in [0.25, 0.3) is 5.91 Å². The number of nitrogens with one attached hydrogen (secondary N) is 2. The summed E-state index contributed by atoms with van der Waals surface area (Å²) in [7, 11) is 1.65. The summed E-state index contributed by atoms with van der Waals surface area (Å²) in [6, 6.07) is 6.94. The van der Waals surface area contributed by atoms with E-state index in [-0.39, 0.29) is 17.9 Å². The molecular weight excluding hydrogens is 408 g/mol. The second-order valence-electron chi connectivity index (χ2n) is 9.13. The second-order valence-corrected chi connectivity index (χ2v) is 9.13. The van der Waals surface area contributed by atoms with Gasteiger partial charge in [-0.05, 0) is 51.2 Å². The van der Waals surface area contributed by atoms with Gasteiger partial charge in [-0.3, -0.25) is 4.79 Å². The van der Waals surface area contributed by atoms with E-state index in [1.54, 1.807) is 25.3 Å². The van der Waals surface area contributed by atoms with Gasteiger partial charge in [-0.25, -0.2) is 4.79 Å². The molecule has 0 saturated heterocycles. The van der Waals surface area contributed by atoms with Gasteiger partial charge in [0.15, 0.2) is 0 Å². The van der Waals surface area contributed by atoms with Crippen molar-refractivity contribution in [1.82, 2.24) is 10.6 Å². The molecule has 0 fully saturated rings. The zero-order valence-corrected chi connectivity index (χ0v) is 20.4. The van der Waals surface area contributed by atoms with Gasteiger partial charge in [0, 0.05) is 26.7 Å². The van der Waals surface area contributed by atoms with Crippen molar-refractivity contribution in [2.45, 2.75) is 59.1 Å². The quantitative estimate of drug-likeness (QED) is 0.341. The van der Waals surface area contributed by atoms with E-state index in [4.69, 9.17) is 14.2 Å². The van der Waals surface area contributed by atoms with E-state index in [2.05, 4.69) is 31.1 Å². The number of carbonyl (C=O) groups excluding carboxylic acids is 2. The Kier molecular flexibility index (Phi) is 11.8. The molecule has 0 aromatic heterocycles. The molecule has 0 radical (unpaired) electrons. The molecule has 7 heteroatoms. The average molecular weight is 449 g/mol. The summed E-state index contributed by atoms with van der Waals surface area (Å²) in [6.07, 6.45) is 2.60. The molecule has 7 nitrogen and oxygen atoms in total. The van der Waals surface area contributed by atoms with Crippen LogP contribution in [0.4, 0.5) is 4.79 Å². The number of amides is 2. The number of methoxy groups -OCH3 is 1. The predicted molar refractivity (Wildman–Crippen MR) is 127 cm³/mol. The fourth-order valence-corrected chi connectivity index (χ4v) is 3.07. The molecule has 2 amide bonds. The Bertz CT molecular complexity index is 727. The number of hydrogen-bond acceptors (Lipinski definition) is 5. The van der Waals surface area contributed by atoms with Crippen LogP contribution in [0.5, 0.6) is 5.75 Å². The van der Waals surface area contributed by atoms with Gasteiger partial charge in [-0.1, -0.05) is 32.1 Å². The summed E-state index contributed by atoms with van der Waals surface area (Å²) < 4.78 is 16.1. The molecule has 0 bridgehead atoms. The second kappa shape index (κ2) is 13.8. The number of alkyl carbamates (subject to hydrolysis) is 1. The minimum atomic E-state index is -0.569. The fourth-order valence-electron chi connectivity index (χ4n) is 3.07. The van der Waals surface area contributed by atoms with Crippen LogP contribution in [0.2, 0.25) is 0 Å². The lowest BCUT2D eigenvalue weighted by Crippen LogP contribution is -2.41. The standard InChI is InChI=1S/C25H40N2O5/c1-8-20(27-24(29)32-25(4,5)6)16-19(18(2)3)17-26-23(28)21-12-9-10-13-22(21)31-15-11-14-30-7/h8-10,12-13,18-20H,1,11,14-17H2,2-7H3,(H,26,28)(H,27,29).